The van der Waals surface area contributed by atoms with Gasteiger partial charge in [0.05, 0.1) is 18.2 Å². The molecule has 0 aliphatic heterocycles. The van der Waals surface area contributed by atoms with Gasteiger partial charge in [0.1, 0.15) is 0 Å². The van der Waals surface area contributed by atoms with Gasteiger partial charge in [-0.1, -0.05) is 13.0 Å². The number of carbonyl (C=O) groups is 1. The second kappa shape index (κ2) is 5.44. The molecule has 0 aliphatic rings. The Bertz CT molecular complexity index is 416. The lowest BCUT2D eigenvalue weighted by Crippen LogP contribution is -2.15. The zero-order valence-electron chi connectivity index (χ0n) is 9.30. The summed E-state index contributed by atoms with van der Waals surface area (Å²) >= 11 is 1.18. The number of alkyl halides is 3. The Hall–Kier alpha value is -1.17. The van der Waals surface area contributed by atoms with Gasteiger partial charge in [-0.15, -0.1) is 11.8 Å². The summed E-state index contributed by atoms with van der Waals surface area (Å²) in [4.78, 5) is 11.7. The minimum absolute atomic E-state index is 0.286. The third-order valence-corrected chi connectivity index (χ3v) is 2.96. The fraction of sp³-hybridized carbons (Fsp3) is 0.364. The van der Waals surface area contributed by atoms with Gasteiger partial charge in [-0.25, -0.2) is 4.79 Å². The van der Waals surface area contributed by atoms with Crippen LogP contribution in [0.1, 0.15) is 22.8 Å². The Kier molecular flexibility index (Phi) is 4.45. The van der Waals surface area contributed by atoms with Crippen LogP contribution < -0.4 is 0 Å². The highest BCUT2D eigenvalue weighted by atomic mass is 32.2. The van der Waals surface area contributed by atoms with E-state index in [0.29, 0.717) is 5.75 Å². The number of hydrogen-bond donors (Lipinski definition) is 0. The van der Waals surface area contributed by atoms with Crippen molar-refractivity contribution in [2.75, 3.05) is 12.9 Å². The molecule has 0 spiro atoms. The largest absolute Gasteiger partial charge is 0.465 e. The first-order valence-corrected chi connectivity index (χ1v) is 5.81. The first-order valence-electron chi connectivity index (χ1n) is 4.83. The Balaban J connectivity index is 3.39. The van der Waals surface area contributed by atoms with E-state index in [1.165, 1.54) is 23.9 Å². The van der Waals surface area contributed by atoms with E-state index in [9.17, 15) is 18.0 Å². The maximum atomic E-state index is 12.7. The Morgan fingerprint density at radius 1 is 1.41 bits per heavy atom. The maximum Gasteiger partial charge on any atom is 0.417 e. The molecule has 0 fully saturated rings. The first-order chi connectivity index (χ1) is 7.91. The molecule has 0 bridgehead atoms. The van der Waals surface area contributed by atoms with E-state index in [-0.39, 0.29) is 4.90 Å². The maximum absolute atomic E-state index is 12.7. The van der Waals surface area contributed by atoms with Crippen molar-refractivity contribution in [3.63, 3.8) is 0 Å². The lowest BCUT2D eigenvalue weighted by atomic mass is 10.1. The number of halogens is 3. The van der Waals surface area contributed by atoms with Crippen molar-refractivity contribution in [3.8, 4) is 0 Å². The summed E-state index contributed by atoms with van der Waals surface area (Å²) in [6.45, 7) is 1.80. The minimum Gasteiger partial charge on any atom is -0.465 e. The number of benzene rings is 1. The molecule has 0 aromatic heterocycles. The zero-order chi connectivity index (χ0) is 13.1. The van der Waals surface area contributed by atoms with Gasteiger partial charge < -0.3 is 4.74 Å². The third-order valence-electron chi connectivity index (χ3n) is 2.02. The second-order valence-corrected chi connectivity index (χ2v) is 4.41. The van der Waals surface area contributed by atoms with E-state index < -0.39 is 23.3 Å². The van der Waals surface area contributed by atoms with Crippen LogP contribution in [-0.2, 0) is 10.9 Å². The SMILES string of the molecule is CCSc1cccc(C(F)(F)F)c1C(=O)OC. The fourth-order valence-corrected chi connectivity index (χ4v) is 2.18. The van der Waals surface area contributed by atoms with Crippen molar-refractivity contribution in [2.24, 2.45) is 0 Å². The highest BCUT2D eigenvalue weighted by molar-refractivity contribution is 7.99. The normalized spacial score (nSPS) is 11.4. The fourth-order valence-electron chi connectivity index (χ4n) is 1.36. The minimum atomic E-state index is -4.56. The van der Waals surface area contributed by atoms with Crippen LogP contribution in [0.2, 0.25) is 0 Å². The highest BCUT2D eigenvalue weighted by Gasteiger charge is 2.36. The lowest BCUT2D eigenvalue weighted by Gasteiger charge is -2.14. The summed E-state index contributed by atoms with van der Waals surface area (Å²) in [6, 6.07) is 3.65. The molecule has 6 heteroatoms. The molecule has 0 heterocycles. The van der Waals surface area contributed by atoms with Crippen LogP contribution in [-0.4, -0.2) is 18.8 Å². The van der Waals surface area contributed by atoms with Crippen molar-refractivity contribution in [2.45, 2.75) is 18.0 Å². The molecular formula is C11H11F3O2S. The quantitative estimate of drug-likeness (QED) is 0.616. The van der Waals surface area contributed by atoms with Gasteiger partial charge in [0.2, 0.25) is 0 Å². The van der Waals surface area contributed by atoms with E-state index in [4.69, 9.17) is 0 Å². The van der Waals surface area contributed by atoms with E-state index >= 15 is 0 Å². The van der Waals surface area contributed by atoms with Crippen LogP contribution in [0, 0.1) is 0 Å². The summed E-state index contributed by atoms with van der Waals surface area (Å²) in [7, 11) is 1.07. The number of ether oxygens (including phenoxy) is 1. The lowest BCUT2D eigenvalue weighted by molar-refractivity contribution is -0.138. The van der Waals surface area contributed by atoms with Crippen LogP contribution in [0.15, 0.2) is 23.1 Å². The first kappa shape index (κ1) is 13.9. The van der Waals surface area contributed by atoms with Gasteiger partial charge in [0, 0.05) is 4.90 Å². The van der Waals surface area contributed by atoms with Crippen molar-refractivity contribution in [3.05, 3.63) is 29.3 Å². The molecule has 0 unspecified atom stereocenters. The summed E-state index contributed by atoms with van der Waals surface area (Å²) < 4.78 is 42.7. The number of hydrogen-bond acceptors (Lipinski definition) is 3. The summed E-state index contributed by atoms with van der Waals surface area (Å²) in [5.74, 6) is -0.389. The van der Waals surface area contributed by atoms with Gasteiger partial charge in [-0.2, -0.15) is 13.2 Å². The van der Waals surface area contributed by atoms with E-state index in [0.717, 1.165) is 13.2 Å². The van der Waals surface area contributed by atoms with Gasteiger partial charge in [-0.05, 0) is 17.9 Å². The van der Waals surface area contributed by atoms with Gasteiger partial charge in [-0.3, -0.25) is 0 Å². The number of rotatable bonds is 3. The van der Waals surface area contributed by atoms with E-state index in [1.54, 1.807) is 6.92 Å². The van der Waals surface area contributed by atoms with Gasteiger partial charge >= 0.3 is 12.1 Å². The van der Waals surface area contributed by atoms with E-state index in [2.05, 4.69) is 4.74 Å². The molecule has 0 amide bonds. The van der Waals surface area contributed by atoms with Crippen molar-refractivity contribution < 1.29 is 22.7 Å². The number of esters is 1. The van der Waals surface area contributed by atoms with Crippen molar-refractivity contribution in [1.82, 2.24) is 0 Å². The molecule has 1 rings (SSSR count). The van der Waals surface area contributed by atoms with Crippen LogP contribution in [0.3, 0.4) is 0 Å². The van der Waals surface area contributed by atoms with Crippen LogP contribution >= 0.6 is 11.8 Å². The molecule has 0 N–H and O–H groups in total. The molecule has 0 saturated heterocycles. The van der Waals surface area contributed by atoms with E-state index in [1.807, 2.05) is 0 Å². The second-order valence-electron chi connectivity index (χ2n) is 3.10. The molecule has 0 saturated carbocycles. The predicted octanol–water partition coefficient (Wildman–Crippen LogP) is 3.60. The molecule has 0 aliphatic carbocycles. The van der Waals surface area contributed by atoms with Gasteiger partial charge in [0.15, 0.2) is 0 Å². The molecule has 0 atom stereocenters. The van der Waals surface area contributed by atoms with Gasteiger partial charge in [0.25, 0.3) is 0 Å². The molecule has 1 aromatic rings. The van der Waals surface area contributed by atoms with Crippen LogP contribution in [0.4, 0.5) is 13.2 Å². The van der Waals surface area contributed by atoms with Crippen molar-refractivity contribution >= 4 is 17.7 Å². The summed E-state index contributed by atoms with van der Waals surface area (Å²) in [5, 5.41) is 0. The average molecular weight is 264 g/mol. The third kappa shape index (κ3) is 3.15. The van der Waals surface area contributed by atoms with Crippen LogP contribution in [0.5, 0.6) is 0 Å². The Morgan fingerprint density at radius 2 is 2.06 bits per heavy atom. The number of carbonyl (C=O) groups excluding carboxylic acids is 1. The number of thioether (sulfide) groups is 1. The standard InChI is InChI=1S/C11H11F3O2S/c1-3-17-8-6-4-5-7(11(12,13)14)9(8)10(15)16-2/h4-6H,3H2,1-2H3. The number of methoxy groups -OCH3 is 1. The Labute approximate surface area is 101 Å². The smallest absolute Gasteiger partial charge is 0.417 e. The monoisotopic (exact) mass is 264 g/mol. The highest BCUT2D eigenvalue weighted by Crippen LogP contribution is 2.36. The molecular weight excluding hydrogens is 253 g/mol. The zero-order valence-corrected chi connectivity index (χ0v) is 10.1. The molecule has 2 nitrogen and oxygen atoms in total. The average Bonchev–Trinajstić information content (AvgIpc) is 2.27. The molecule has 94 valence electrons. The topological polar surface area (TPSA) is 26.3 Å². The summed E-state index contributed by atoms with van der Waals surface area (Å²) in [5.41, 5.74) is -1.36. The molecule has 17 heavy (non-hydrogen) atoms. The predicted molar refractivity (Wildman–Crippen MR) is 59.2 cm³/mol. The summed E-state index contributed by atoms with van der Waals surface area (Å²) in [6.07, 6.45) is -4.56. The van der Waals surface area contributed by atoms with Crippen molar-refractivity contribution in [1.29, 1.82) is 0 Å². The molecule has 1 aromatic carbocycles. The van der Waals surface area contributed by atoms with Crippen LogP contribution in [0.25, 0.3) is 0 Å². The molecule has 0 radical (unpaired) electrons. The Morgan fingerprint density at radius 3 is 2.53 bits per heavy atom.